The first kappa shape index (κ1) is 12.8. The molecule has 1 saturated carbocycles. The van der Waals surface area contributed by atoms with E-state index in [1.54, 1.807) is 18.3 Å². The largest absolute Gasteiger partial charge is 0.346 e. The number of halogens is 2. The Labute approximate surface area is 114 Å². The smallest absolute Gasteiger partial charge is 0.270 e. The lowest BCUT2D eigenvalue weighted by atomic mass is 9.95. The van der Waals surface area contributed by atoms with Crippen molar-refractivity contribution in [2.24, 2.45) is 0 Å². The minimum Gasteiger partial charge on any atom is -0.346 e. The van der Waals surface area contributed by atoms with Gasteiger partial charge in [-0.05, 0) is 40.9 Å². The first-order valence-corrected chi connectivity index (χ1v) is 6.96. The van der Waals surface area contributed by atoms with Gasteiger partial charge in [-0.2, -0.15) is 0 Å². The van der Waals surface area contributed by atoms with E-state index in [4.69, 9.17) is 11.6 Å². The van der Waals surface area contributed by atoms with Crippen molar-refractivity contribution >= 4 is 33.4 Å². The van der Waals surface area contributed by atoms with Crippen molar-refractivity contribution in [3.05, 3.63) is 28.5 Å². The fourth-order valence-corrected chi connectivity index (χ4v) is 2.58. The van der Waals surface area contributed by atoms with Gasteiger partial charge in [-0.1, -0.05) is 12.8 Å². The number of hydrogen-bond donors (Lipinski definition) is 1. The molecule has 0 aromatic carbocycles. The first-order valence-electron chi connectivity index (χ1n) is 5.73. The Hall–Kier alpha value is -0.610. The van der Waals surface area contributed by atoms with Gasteiger partial charge in [-0.3, -0.25) is 4.79 Å². The first-order chi connectivity index (χ1) is 8.16. The zero-order valence-electron chi connectivity index (χ0n) is 9.33. The molecule has 92 valence electrons. The standard InChI is InChI=1S/C12H14BrClN2O/c13-8-5-6-11(15-7-8)12(17)16-10-4-2-1-3-9(10)14/h5-7,9-10H,1-4H2,(H,16,17). The predicted molar refractivity (Wildman–Crippen MR) is 71.3 cm³/mol. The summed E-state index contributed by atoms with van der Waals surface area (Å²) in [5.74, 6) is -0.143. The van der Waals surface area contributed by atoms with E-state index in [-0.39, 0.29) is 17.3 Å². The minimum atomic E-state index is -0.143. The van der Waals surface area contributed by atoms with Crippen LogP contribution in [-0.4, -0.2) is 22.3 Å². The third-order valence-electron chi connectivity index (χ3n) is 2.96. The van der Waals surface area contributed by atoms with E-state index < -0.39 is 0 Å². The molecule has 1 heterocycles. The molecule has 2 rings (SSSR count). The lowest BCUT2D eigenvalue weighted by molar-refractivity contribution is 0.0923. The van der Waals surface area contributed by atoms with Gasteiger partial charge < -0.3 is 5.32 Å². The number of nitrogens with zero attached hydrogens (tertiary/aromatic N) is 1. The molecule has 0 bridgehead atoms. The molecule has 0 spiro atoms. The highest BCUT2D eigenvalue weighted by Crippen LogP contribution is 2.23. The fraction of sp³-hybridized carbons (Fsp3) is 0.500. The molecule has 1 N–H and O–H groups in total. The van der Waals surface area contributed by atoms with E-state index in [0.29, 0.717) is 5.69 Å². The average molecular weight is 318 g/mol. The summed E-state index contributed by atoms with van der Waals surface area (Å²) in [5.41, 5.74) is 0.433. The van der Waals surface area contributed by atoms with E-state index >= 15 is 0 Å². The van der Waals surface area contributed by atoms with Crippen molar-refractivity contribution in [3.63, 3.8) is 0 Å². The molecule has 0 saturated heterocycles. The van der Waals surface area contributed by atoms with E-state index in [2.05, 4.69) is 26.2 Å². The minimum absolute atomic E-state index is 0.0446. The number of nitrogens with one attached hydrogen (secondary N) is 1. The zero-order chi connectivity index (χ0) is 12.3. The van der Waals surface area contributed by atoms with Gasteiger partial charge in [0.1, 0.15) is 5.69 Å². The molecule has 3 nitrogen and oxygen atoms in total. The monoisotopic (exact) mass is 316 g/mol. The number of carbonyl (C=O) groups is 1. The van der Waals surface area contributed by atoms with Crippen molar-refractivity contribution in [1.29, 1.82) is 0 Å². The molecule has 0 aliphatic heterocycles. The third-order valence-corrected chi connectivity index (χ3v) is 3.95. The second-order valence-corrected chi connectivity index (χ2v) is 5.72. The van der Waals surface area contributed by atoms with Gasteiger partial charge in [0.05, 0.1) is 5.38 Å². The van der Waals surface area contributed by atoms with Crippen molar-refractivity contribution in [1.82, 2.24) is 10.3 Å². The molecule has 2 unspecified atom stereocenters. The summed E-state index contributed by atoms with van der Waals surface area (Å²) >= 11 is 9.48. The molecule has 1 amide bonds. The molecule has 1 fully saturated rings. The topological polar surface area (TPSA) is 42.0 Å². The van der Waals surface area contributed by atoms with Gasteiger partial charge in [0.15, 0.2) is 0 Å². The summed E-state index contributed by atoms with van der Waals surface area (Å²) in [5, 5.41) is 3.00. The molecular formula is C12H14BrClN2O. The Kier molecular flexibility index (Phi) is 4.40. The van der Waals surface area contributed by atoms with Gasteiger partial charge in [-0.25, -0.2) is 4.98 Å². The van der Waals surface area contributed by atoms with Crippen molar-refractivity contribution in [3.8, 4) is 0 Å². The molecule has 1 aliphatic rings. The summed E-state index contributed by atoms with van der Waals surface area (Å²) in [4.78, 5) is 16.0. The van der Waals surface area contributed by atoms with Crippen LogP contribution in [0.1, 0.15) is 36.2 Å². The number of rotatable bonds is 2. The predicted octanol–water partition coefficient (Wildman–Crippen LogP) is 3.12. The number of carbonyl (C=O) groups excluding carboxylic acids is 1. The maximum Gasteiger partial charge on any atom is 0.270 e. The molecule has 17 heavy (non-hydrogen) atoms. The van der Waals surface area contributed by atoms with Crippen LogP contribution in [0.2, 0.25) is 0 Å². The highest BCUT2D eigenvalue weighted by molar-refractivity contribution is 9.10. The van der Waals surface area contributed by atoms with Gasteiger partial charge in [0.25, 0.3) is 5.91 Å². The highest BCUT2D eigenvalue weighted by Gasteiger charge is 2.25. The molecule has 1 aromatic heterocycles. The maximum absolute atomic E-state index is 11.9. The van der Waals surface area contributed by atoms with Crippen LogP contribution in [-0.2, 0) is 0 Å². The molecule has 2 atom stereocenters. The van der Waals surface area contributed by atoms with Crippen LogP contribution >= 0.6 is 27.5 Å². The number of aromatic nitrogens is 1. The van der Waals surface area contributed by atoms with Gasteiger partial charge in [0, 0.05) is 16.7 Å². The second kappa shape index (κ2) is 5.83. The number of pyridine rings is 1. The highest BCUT2D eigenvalue weighted by atomic mass is 79.9. The SMILES string of the molecule is O=C(NC1CCCCC1Cl)c1ccc(Br)cn1. The molecular weight excluding hydrogens is 304 g/mol. The van der Waals surface area contributed by atoms with E-state index in [9.17, 15) is 4.79 Å². The Morgan fingerprint density at radius 1 is 1.41 bits per heavy atom. The summed E-state index contributed by atoms with van der Waals surface area (Å²) in [7, 11) is 0. The Morgan fingerprint density at radius 2 is 2.18 bits per heavy atom. The fourth-order valence-electron chi connectivity index (χ4n) is 2.00. The van der Waals surface area contributed by atoms with Crippen LogP contribution in [0.25, 0.3) is 0 Å². The average Bonchev–Trinajstić information content (AvgIpc) is 2.33. The summed E-state index contributed by atoms with van der Waals surface area (Å²) in [6, 6.07) is 3.58. The van der Waals surface area contributed by atoms with E-state index in [1.807, 2.05) is 0 Å². The molecule has 0 radical (unpaired) electrons. The lowest BCUT2D eigenvalue weighted by Crippen LogP contribution is -2.43. The quantitative estimate of drug-likeness (QED) is 0.852. The lowest BCUT2D eigenvalue weighted by Gasteiger charge is -2.27. The van der Waals surface area contributed by atoms with Crippen LogP contribution in [0.4, 0.5) is 0 Å². The van der Waals surface area contributed by atoms with E-state index in [0.717, 1.165) is 30.2 Å². The van der Waals surface area contributed by atoms with Gasteiger partial charge in [0.2, 0.25) is 0 Å². The normalized spacial score (nSPS) is 24.4. The summed E-state index contributed by atoms with van der Waals surface area (Å²) in [6.45, 7) is 0. The maximum atomic E-state index is 11.9. The van der Waals surface area contributed by atoms with Crippen LogP contribution in [0.5, 0.6) is 0 Å². The number of hydrogen-bond acceptors (Lipinski definition) is 2. The molecule has 5 heteroatoms. The Balaban J connectivity index is 1.98. The number of amides is 1. The third kappa shape index (κ3) is 3.42. The van der Waals surface area contributed by atoms with Crippen LogP contribution in [0.3, 0.4) is 0 Å². The van der Waals surface area contributed by atoms with Gasteiger partial charge in [-0.15, -0.1) is 11.6 Å². The number of alkyl halides is 1. The second-order valence-electron chi connectivity index (χ2n) is 4.24. The Morgan fingerprint density at radius 3 is 2.82 bits per heavy atom. The van der Waals surface area contributed by atoms with Crippen molar-refractivity contribution in [2.75, 3.05) is 0 Å². The molecule has 1 aromatic rings. The summed E-state index contributed by atoms with van der Waals surface area (Å²) in [6.07, 6.45) is 5.82. The van der Waals surface area contributed by atoms with Gasteiger partial charge >= 0.3 is 0 Å². The van der Waals surface area contributed by atoms with Crippen molar-refractivity contribution < 1.29 is 4.79 Å². The summed E-state index contributed by atoms with van der Waals surface area (Å²) < 4.78 is 0.863. The zero-order valence-corrected chi connectivity index (χ0v) is 11.7. The van der Waals surface area contributed by atoms with E-state index in [1.165, 1.54) is 0 Å². The van der Waals surface area contributed by atoms with Crippen molar-refractivity contribution in [2.45, 2.75) is 37.1 Å². The molecule has 1 aliphatic carbocycles. The Bertz CT molecular complexity index is 396. The van der Waals surface area contributed by atoms with Crippen LogP contribution in [0.15, 0.2) is 22.8 Å². The van der Waals surface area contributed by atoms with Crippen LogP contribution < -0.4 is 5.32 Å². The van der Waals surface area contributed by atoms with Crippen LogP contribution in [0, 0.1) is 0 Å².